The second-order valence-electron chi connectivity index (χ2n) is 5.60. The summed E-state index contributed by atoms with van der Waals surface area (Å²) in [5.41, 5.74) is 3.77. The van der Waals surface area contributed by atoms with Crippen LogP contribution in [0.3, 0.4) is 0 Å². The standard InChI is InChI=1S/C19H25NO/c1-4-16-9-11-17(12-10-16)14-21-19-8-6-5-7-18(19)13-20-15(2)3/h5-12,15,20H,4,13-14H2,1-3H3. The second kappa shape index (κ2) is 7.84. The van der Waals surface area contributed by atoms with Crippen LogP contribution < -0.4 is 10.1 Å². The van der Waals surface area contributed by atoms with E-state index in [0.717, 1.165) is 18.7 Å². The van der Waals surface area contributed by atoms with Crippen LogP contribution in [0.15, 0.2) is 48.5 Å². The molecule has 0 heterocycles. The van der Waals surface area contributed by atoms with E-state index in [4.69, 9.17) is 4.74 Å². The summed E-state index contributed by atoms with van der Waals surface area (Å²) >= 11 is 0. The molecule has 2 rings (SSSR count). The Balaban J connectivity index is 1.98. The zero-order chi connectivity index (χ0) is 15.1. The van der Waals surface area contributed by atoms with Crippen LogP contribution in [0.1, 0.15) is 37.5 Å². The monoisotopic (exact) mass is 283 g/mol. The molecule has 2 nitrogen and oxygen atoms in total. The van der Waals surface area contributed by atoms with Crippen LogP contribution in [0.4, 0.5) is 0 Å². The molecule has 0 aliphatic rings. The maximum Gasteiger partial charge on any atom is 0.124 e. The van der Waals surface area contributed by atoms with Gasteiger partial charge in [-0.05, 0) is 23.6 Å². The highest BCUT2D eigenvalue weighted by Crippen LogP contribution is 2.19. The van der Waals surface area contributed by atoms with Crippen LogP contribution in [-0.2, 0) is 19.6 Å². The van der Waals surface area contributed by atoms with E-state index in [9.17, 15) is 0 Å². The van der Waals surface area contributed by atoms with Crippen molar-refractivity contribution in [1.29, 1.82) is 0 Å². The summed E-state index contributed by atoms with van der Waals surface area (Å²) in [5.74, 6) is 0.963. The Morgan fingerprint density at radius 2 is 1.62 bits per heavy atom. The van der Waals surface area contributed by atoms with E-state index in [0.29, 0.717) is 12.6 Å². The van der Waals surface area contributed by atoms with Crippen molar-refractivity contribution in [3.05, 3.63) is 65.2 Å². The lowest BCUT2D eigenvalue weighted by Crippen LogP contribution is -2.22. The molecule has 2 aromatic carbocycles. The minimum Gasteiger partial charge on any atom is -0.489 e. The van der Waals surface area contributed by atoms with Crippen molar-refractivity contribution < 1.29 is 4.74 Å². The molecule has 0 aliphatic carbocycles. The lowest BCUT2D eigenvalue weighted by Gasteiger charge is -2.14. The van der Waals surface area contributed by atoms with Gasteiger partial charge in [0, 0.05) is 18.2 Å². The van der Waals surface area contributed by atoms with E-state index in [2.05, 4.69) is 62.5 Å². The van der Waals surface area contributed by atoms with Gasteiger partial charge in [0.15, 0.2) is 0 Å². The lowest BCUT2D eigenvalue weighted by molar-refractivity contribution is 0.301. The van der Waals surface area contributed by atoms with Gasteiger partial charge in [0.1, 0.15) is 12.4 Å². The Hall–Kier alpha value is -1.80. The normalized spacial score (nSPS) is 10.9. The quantitative estimate of drug-likeness (QED) is 0.817. The number of ether oxygens (including phenoxy) is 1. The van der Waals surface area contributed by atoms with Gasteiger partial charge in [-0.3, -0.25) is 0 Å². The van der Waals surface area contributed by atoms with Crippen molar-refractivity contribution >= 4 is 0 Å². The molecule has 112 valence electrons. The molecule has 1 N–H and O–H groups in total. The number of hydrogen-bond donors (Lipinski definition) is 1. The summed E-state index contributed by atoms with van der Waals surface area (Å²) in [4.78, 5) is 0. The van der Waals surface area contributed by atoms with Crippen molar-refractivity contribution in [3.8, 4) is 5.75 Å². The summed E-state index contributed by atoms with van der Waals surface area (Å²) in [6.07, 6.45) is 1.07. The Morgan fingerprint density at radius 3 is 2.29 bits per heavy atom. The molecule has 2 aromatic rings. The highest BCUT2D eigenvalue weighted by molar-refractivity contribution is 5.33. The molecule has 0 spiro atoms. The maximum absolute atomic E-state index is 5.99. The summed E-state index contributed by atoms with van der Waals surface area (Å²) in [7, 11) is 0. The van der Waals surface area contributed by atoms with E-state index >= 15 is 0 Å². The average molecular weight is 283 g/mol. The maximum atomic E-state index is 5.99. The second-order valence-corrected chi connectivity index (χ2v) is 5.60. The number of aryl methyl sites for hydroxylation is 1. The first kappa shape index (κ1) is 15.6. The van der Waals surface area contributed by atoms with Crippen LogP contribution in [0.2, 0.25) is 0 Å². The van der Waals surface area contributed by atoms with Gasteiger partial charge in [-0.1, -0.05) is 63.2 Å². The lowest BCUT2D eigenvalue weighted by atomic mass is 10.1. The van der Waals surface area contributed by atoms with E-state index in [1.54, 1.807) is 0 Å². The van der Waals surface area contributed by atoms with Crippen molar-refractivity contribution in [1.82, 2.24) is 5.32 Å². The molecule has 0 amide bonds. The molecule has 0 atom stereocenters. The Kier molecular flexibility index (Phi) is 5.82. The van der Waals surface area contributed by atoms with Crippen molar-refractivity contribution in [2.45, 2.75) is 46.4 Å². The van der Waals surface area contributed by atoms with Crippen LogP contribution in [-0.4, -0.2) is 6.04 Å². The SMILES string of the molecule is CCc1ccc(COc2ccccc2CNC(C)C)cc1. The van der Waals surface area contributed by atoms with E-state index < -0.39 is 0 Å². The molecule has 0 aromatic heterocycles. The third-order valence-corrected chi connectivity index (χ3v) is 3.50. The summed E-state index contributed by atoms with van der Waals surface area (Å²) < 4.78 is 5.99. The third-order valence-electron chi connectivity index (χ3n) is 3.50. The topological polar surface area (TPSA) is 21.3 Å². The van der Waals surface area contributed by atoms with Gasteiger partial charge >= 0.3 is 0 Å². The molecule has 0 saturated heterocycles. The highest BCUT2D eigenvalue weighted by atomic mass is 16.5. The van der Waals surface area contributed by atoms with Crippen LogP contribution >= 0.6 is 0 Å². The van der Waals surface area contributed by atoms with Crippen molar-refractivity contribution in [3.63, 3.8) is 0 Å². The molecule has 2 heteroatoms. The smallest absolute Gasteiger partial charge is 0.124 e. The van der Waals surface area contributed by atoms with Gasteiger partial charge in [-0.25, -0.2) is 0 Å². The fraction of sp³-hybridized carbons (Fsp3) is 0.368. The van der Waals surface area contributed by atoms with Crippen LogP contribution in [0, 0.1) is 0 Å². The largest absolute Gasteiger partial charge is 0.489 e. The van der Waals surface area contributed by atoms with Crippen LogP contribution in [0.25, 0.3) is 0 Å². The fourth-order valence-corrected chi connectivity index (χ4v) is 2.14. The molecule has 0 fully saturated rings. The molecule has 0 saturated carbocycles. The Bertz CT molecular complexity index is 546. The van der Waals surface area contributed by atoms with Gasteiger partial charge in [0.25, 0.3) is 0 Å². The Labute approximate surface area is 128 Å². The molecule has 21 heavy (non-hydrogen) atoms. The first-order chi connectivity index (χ1) is 10.2. The van der Waals surface area contributed by atoms with Gasteiger partial charge in [-0.15, -0.1) is 0 Å². The average Bonchev–Trinajstić information content (AvgIpc) is 2.52. The molecular formula is C19H25NO. The first-order valence-electron chi connectivity index (χ1n) is 7.71. The van der Waals surface area contributed by atoms with Crippen molar-refractivity contribution in [2.75, 3.05) is 0 Å². The van der Waals surface area contributed by atoms with Gasteiger partial charge in [-0.2, -0.15) is 0 Å². The third kappa shape index (κ3) is 4.91. The highest BCUT2D eigenvalue weighted by Gasteiger charge is 2.04. The van der Waals surface area contributed by atoms with Gasteiger partial charge < -0.3 is 10.1 Å². The van der Waals surface area contributed by atoms with Gasteiger partial charge in [0.05, 0.1) is 0 Å². The van der Waals surface area contributed by atoms with Crippen molar-refractivity contribution in [2.24, 2.45) is 0 Å². The number of hydrogen-bond acceptors (Lipinski definition) is 2. The fourth-order valence-electron chi connectivity index (χ4n) is 2.14. The molecule has 0 radical (unpaired) electrons. The van der Waals surface area contributed by atoms with E-state index in [-0.39, 0.29) is 0 Å². The molecule has 0 bridgehead atoms. The molecule has 0 unspecified atom stereocenters. The minimum absolute atomic E-state index is 0.472. The summed E-state index contributed by atoms with van der Waals surface area (Å²) in [5, 5.41) is 3.44. The summed E-state index contributed by atoms with van der Waals surface area (Å²) in [6.45, 7) is 7.92. The zero-order valence-corrected chi connectivity index (χ0v) is 13.2. The number of nitrogens with one attached hydrogen (secondary N) is 1. The molecule has 0 aliphatic heterocycles. The number of benzene rings is 2. The predicted molar refractivity (Wildman–Crippen MR) is 88.6 cm³/mol. The zero-order valence-electron chi connectivity index (χ0n) is 13.2. The summed E-state index contributed by atoms with van der Waals surface area (Å²) in [6, 6.07) is 17.3. The van der Waals surface area contributed by atoms with Gasteiger partial charge in [0.2, 0.25) is 0 Å². The number of para-hydroxylation sites is 1. The van der Waals surface area contributed by atoms with Crippen LogP contribution in [0.5, 0.6) is 5.75 Å². The van der Waals surface area contributed by atoms with E-state index in [1.165, 1.54) is 16.7 Å². The minimum atomic E-state index is 0.472. The predicted octanol–water partition coefficient (Wildman–Crippen LogP) is 4.33. The number of rotatable bonds is 7. The Morgan fingerprint density at radius 1 is 0.952 bits per heavy atom. The van der Waals surface area contributed by atoms with E-state index in [1.807, 2.05) is 12.1 Å². The molecular weight excluding hydrogens is 258 g/mol. The first-order valence-corrected chi connectivity index (χ1v) is 7.71.